The lowest BCUT2D eigenvalue weighted by Crippen LogP contribution is -2.34. The standard InChI is InChI=1S/C26H25N3O2S/c1-19-12-14-20(15-13-19)16-17-24(30)28-26(32)27-23-11-7-6-10-22(23)25(31)29(2)18-21-8-4-3-5-9-21/h3-17H,18H2,1-2H3,(H2,27,28,30,32). The molecular weight excluding hydrogens is 418 g/mol. The summed E-state index contributed by atoms with van der Waals surface area (Å²) in [4.78, 5) is 26.9. The second kappa shape index (κ2) is 11.0. The summed E-state index contributed by atoms with van der Waals surface area (Å²) in [6, 6.07) is 24.7. The number of hydrogen-bond acceptors (Lipinski definition) is 3. The topological polar surface area (TPSA) is 61.4 Å². The number of nitrogens with zero attached hydrogens (tertiary/aromatic N) is 1. The van der Waals surface area contributed by atoms with Gasteiger partial charge in [0.1, 0.15) is 0 Å². The number of thiocarbonyl (C=S) groups is 1. The van der Waals surface area contributed by atoms with Crippen molar-refractivity contribution in [3.8, 4) is 0 Å². The van der Waals surface area contributed by atoms with Crippen LogP contribution < -0.4 is 10.6 Å². The Bertz CT molecular complexity index is 1130. The van der Waals surface area contributed by atoms with Crippen molar-refractivity contribution in [3.63, 3.8) is 0 Å². The third kappa shape index (κ3) is 6.62. The van der Waals surface area contributed by atoms with Gasteiger partial charge in [0.05, 0.1) is 11.3 Å². The van der Waals surface area contributed by atoms with Crippen LogP contribution in [0.4, 0.5) is 5.69 Å². The zero-order chi connectivity index (χ0) is 22.9. The highest BCUT2D eigenvalue weighted by Gasteiger charge is 2.16. The van der Waals surface area contributed by atoms with Crippen LogP contribution in [0.2, 0.25) is 0 Å². The monoisotopic (exact) mass is 443 g/mol. The number of para-hydroxylation sites is 1. The Morgan fingerprint density at radius 1 is 0.938 bits per heavy atom. The molecule has 3 aromatic rings. The van der Waals surface area contributed by atoms with Crippen molar-refractivity contribution in [2.45, 2.75) is 13.5 Å². The molecule has 5 nitrogen and oxygen atoms in total. The van der Waals surface area contributed by atoms with Gasteiger partial charge in [-0.15, -0.1) is 0 Å². The van der Waals surface area contributed by atoms with Gasteiger partial charge in [-0.05, 0) is 48.5 Å². The predicted molar refractivity (Wildman–Crippen MR) is 133 cm³/mol. The van der Waals surface area contributed by atoms with E-state index < -0.39 is 0 Å². The van der Waals surface area contributed by atoms with Gasteiger partial charge in [0.2, 0.25) is 5.91 Å². The highest BCUT2D eigenvalue weighted by Crippen LogP contribution is 2.18. The summed E-state index contributed by atoms with van der Waals surface area (Å²) in [5, 5.41) is 5.70. The van der Waals surface area contributed by atoms with Crippen molar-refractivity contribution >= 4 is 40.9 Å². The Morgan fingerprint density at radius 2 is 1.59 bits per heavy atom. The molecule has 3 aromatic carbocycles. The minimum absolute atomic E-state index is 0.120. The molecule has 0 aliphatic carbocycles. The highest BCUT2D eigenvalue weighted by molar-refractivity contribution is 7.80. The van der Waals surface area contributed by atoms with Gasteiger partial charge in [-0.1, -0.05) is 72.3 Å². The van der Waals surface area contributed by atoms with Crippen LogP contribution in [-0.2, 0) is 11.3 Å². The molecule has 2 amide bonds. The molecule has 0 saturated heterocycles. The summed E-state index contributed by atoms with van der Waals surface area (Å²) in [5.74, 6) is -0.501. The normalized spacial score (nSPS) is 10.6. The molecular formula is C26H25N3O2S. The third-order valence-corrected chi connectivity index (χ3v) is 4.96. The molecule has 0 aliphatic rings. The van der Waals surface area contributed by atoms with Crippen LogP contribution in [-0.4, -0.2) is 28.9 Å². The molecule has 0 bridgehead atoms. The van der Waals surface area contributed by atoms with E-state index in [-0.39, 0.29) is 16.9 Å². The van der Waals surface area contributed by atoms with E-state index in [4.69, 9.17) is 12.2 Å². The van der Waals surface area contributed by atoms with Gasteiger partial charge in [-0.25, -0.2) is 0 Å². The van der Waals surface area contributed by atoms with Crippen LogP contribution in [0.5, 0.6) is 0 Å². The van der Waals surface area contributed by atoms with Gasteiger partial charge in [0.15, 0.2) is 5.11 Å². The highest BCUT2D eigenvalue weighted by atomic mass is 32.1. The number of rotatable bonds is 6. The molecule has 162 valence electrons. The van der Waals surface area contributed by atoms with Crippen LogP contribution in [0, 0.1) is 6.92 Å². The Kier molecular flexibility index (Phi) is 7.89. The minimum atomic E-state index is -0.354. The van der Waals surface area contributed by atoms with Crippen molar-refractivity contribution < 1.29 is 9.59 Å². The molecule has 0 spiro atoms. The van der Waals surface area contributed by atoms with E-state index in [0.717, 1.165) is 16.7 Å². The number of hydrogen-bond donors (Lipinski definition) is 2. The van der Waals surface area contributed by atoms with Gasteiger partial charge in [-0.2, -0.15) is 0 Å². The number of nitrogens with one attached hydrogen (secondary N) is 2. The lowest BCUT2D eigenvalue weighted by atomic mass is 10.1. The third-order valence-electron chi connectivity index (χ3n) is 4.76. The Labute approximate surface area is 193 Å². The summed E-state index contributed by atoms with van der Waals surface area (Å²) >= 11 is 5.28. The molecule has 0 aliphatic heterocycles. The maximum atomic E-state index is 13.0. The molecule has 32 heavy (non-hydrogen) atoms. The Balaban J connectivity index is 1.62. The van der Waals surface area contributed by atoms with Gasteiger partial charge in [0.25, 0.3) is 5.91 Å². The molecule has 0 fully saturated rings. The number of amides is 2. The SMILES string of the molecule is Cc1ccc(C=CC(=O)NC(=S)Nc2ccccc2C(=O)N(C)Cc2ccccc2)cc1. The van der Waals surface area contributed by atoms with Crippen LogP contribution >= 0.6 is 12.2 Å². The minimum Gasteiger partial charge on any atom is -0.337 e. The van der Waals surface area contributed by atoms with Crippen molar-refractivity contribution in [2.24, 2.45) is 0 Å². The molecule has 0 aromatic heterocycles. The van der Waals surface area contributed by atoms with E-state index in [9.17, 15) is 9.59 Å². The molecule has 6 heteroatoms. The number of benzene rings is 3. The van der Waals surface area contributed by atoms with Crippen molar-refractivity contribution in [1.82, 2.24) is 10.2 Å². The molecule has 0 radical (unpaired) electrons. The van der Waals surface area contributed by atoms with Crippen LogP contribution in [0.25, 0.3) is 6.08 Å². The van der Waals surface area contributed by atoms with Crippen molar-refractivity contribution in [3.05, 3.63) is 107 Å². The van der Waals surface area contributed by atoms with E-state index in [1.807, 2.05) is 61.5 Å². The number of aryl methyl sites for hydroxylation is 1. The van der Waals surface area contributed by atoms with Crippen LogP contribution in [0.15, 0.2) is 84.9 Å². The van der Waals surface area contributed by atoms with Gasteiger partial charge in [-0.3, -0.25) is 14.9 Å². The van der Waals surface area contributed by atoms with Crippen LogP contribution in [0.1, 0.15) is 27.0 Å². The molecule has 0 unspecified atom stereocenters. The lowest BCUT2D eigenvalue weighted by molar-refractivity contribution is -0.115. The van der Waals surface area contributed by atoms with Crippen LogP contribution in [0.3, 0.4) is 0 Å². The number of carbonyl (C=O) groups is 2. The quantitative estimate of drug-likeness (QED) is 0.425. The average molecular weight is 444 g/mol. The summed E-state index contributed by atoms with van der Waals surface area (Å²) < 4.78 is 0. The first-order valence-electron chi connectivity index (χ1n) is 10.2. The second-order valence-corrected chi connectivity index (χ2v) is 7.79. The fourth-order valence-electron chi connectivity index (χ4n) is 3.07. The number of anilines is 1. The molecule has 0 heterocycles. The first-order chi connectivity index (χ1) is 15.4. The van der Waals surface area contributed by atoms with Gasteiger partial charge >= 0.3 is 0 Å². The van der Waals surface area contributed by atoms with Crippen molar-refractivity contribution in [1.29, 1.82) is 0 Å². The second-order valence-electron chi connectivity index (χ2n) is 7.38. The van der Waals surface area contributed by atoms with E-state index in [1.54, 1.807) is 42.3 Å². The largest absolute Gasteiger partial charge is 0.337 e. The fourth-order valence-corrected chi connectivity index (χ4v) is 3.28. The molecule has 3 rings (SSSR count). The predicted octanol–water partition coefficient (Wildman–Crippen LogP) is 4.79. The maximum Gasteiger partial charge on any atom is 0.256 e. The summed E-state index contributed by atoms with van der Waals surface area (Å²) in [6.07, 6.45) is 3.14. The van der Waals surface area contributed by atoms with E-state index in [1.165, 1.54) is 6.08 Å². The average Bonchev–Trinajstić information content (AvgIpc) is 2.79. The van der Waals surface area contributed by atoms with Crippen molar-refractivity contribution in [2.75, 3.05) is 12.4 Å². The Hall–Kier alpha value is -3.77. The van der Waals surface area contributed by atoms with E-state index in [0.29, 0.717) is 17.8 Å². The van der Waals surface area contributed by atoms with E-state index >= 15 is 0 Å². The summed E-state index contributed by atoms with van der Waals surface area (Å²) in [6.45, 7) is 2.49. The smallest absolute Gasteiger partial charge is 0.256 e. The first kappa shape index (κ1) is 22.9. The van der Waals surface area contributed by atoms with Gasteiger partial charge < -0.3 is 10.2 Å². The lowest BCUT2D eigenvalue weighted by Gasteiger charge is -2.20. The molecule has 0 atom stereocenters. The summed E-state index contributed by atoms with van der Waals surface area (Å²) in [5.41, 5.74) is 4.11. The summed E-state index contributed by atoms with van der Waals surface area (Å²) in [7, 11) is 1.75. The zero-order valence-electron chi connectivity index (χ0n) is 18.0. The first-order valence-corrected chi connectivity index (χ1v) is 10.6. The maximum absolute atomic E-state index is 13.0. The van der Waals surface area contributed by atoms with E-state index in [2.05, 4.69) is 10.6 Å². The molecule has 0 saturated carbocycles. The number of carbonyl (C=O) groups excluding carboxylic acids is 2. The Morgan fingerprint density at radius 3 is 2.31 bits per heavy atom. The van der Waals surface area contributed by atoms with Gasteiger partial charge in [0, 0.05) is 19.7 Å². The molecule has 2 N–H and O–H groups in total. The zero-order valence-corrected chi connectivity index (χ0v) is 18.9. The fraction of sp³-hybridized carbons (Fsp3) is 0.115.